The maximum Gasteiger partial charge on any atom is 0.222 e. The molecule has 2 aromatic heterocycles. The van der Waals surface area contributed by atoms with E-state index in [-0.39, 0.29) is 5.28 Å². The Kier molecular flexibility index (Phi) is 5.61. The van der Waals surface area contributed by atoms with Gasteiger partial charge in [0.05, 0.1) is 43.8 Å². The third kappa shape index (κ3) is 4.15. The molecule has 1 fully saturated rings. The van der Waals surface area contributed by atoms with E-state index < -0.39 is 0 Å². The van der Waals surface area contributed by atoms with Gasteiger partial charge < -0.3 is 14.0 Å². The first-order valence-electron chi connectivity index (χ1n) is 7.82. The number of hydrogen-bond donors (Lipinski definition) is 0. The van der Waals surface area contributed by atoms with Crippen molar-refractivity contribution < 1.29 is 9.47 Å². The van der Waals surface area contributed by atoms with Crippen molar-refractivity contribution in [3.05, 3.63) is 47.5 Å². The molecule has 1 aliphatic heterocycles. The highest BCUT2D eigenvalue weighted by Gasteiger charge is 2.10. The highest BCUT2D eigenvalue weighted by molar-refractivity contribution is 6.28. The molecule has 0 spiro atoms. The van der Waals surface area contributed by atoms with Crippen molar-refractivity contribution in [2.45, 2.75) is 0 Å². The molecule has 3 aromatic rings. The van der Waals surface area contributed by atoms with E-state index in [0.29, 0.717) is 11.3 Å². The average molecular weight is 357 g/mol. The molecule has 7 heteroatoms. The Morgan fingerprint density at radius 2 is 1.88 bits per heavy atom. The molecule has 25 heavy (non-hydrogen) atoms. The van der Waals surface area contributed by atoms with Crippen LogP contribution in [-0.4, -0.2) is 41.0 Å². The van der Waals surface area contributed by atoms with E-state index in [9.17, 15) is 0 Å². The van der Waals surface area contributed by atoms with Gasteiger partial charge in [-0.1, -0.05) is 0 Å². The van der Waals surface area contributed by atoms with Crippen LogP contribution in [0.4, 0.5) is 0 Å². The van der Waals surface area contributed by atoms with Crippen molar-refractivity contribution in [1.82, 2.24) is 14.5 Å². The van der Waals surface area contributed by atoms with Crippen LogP contribution in [0.5, 0.6) is 0 Å². The topological polar surface area (TPSA) is 73.0 Å². The second-order valence-corrected chi connectivity index (χ2v) is 5.77. The van der Waals surface area contributed by atoms with E-state index in [1.165, 1.54) is 0 Å². The second kappa shape index (κ2) is 8.08. The summed E-state index contributed by atoms with van der Waals surface area (Å²) in [7, 11) is 1.94. The average Bonchev–Trinajstić information content (AvgIpc) is 3.04. The summed E-state index contributed by atoms with van der Waals surface area (Å²) in [5.41, 5.74) is 3.19. The summed E-state index contributed by atoms with van der Waals surface area (Å²) < 4.78 is 11.9. The Labute approximate surface area is 150 Å². The zero-order valence-corrected chi connectivity index (χ0v) is 14.5. The molecular formula is C18H17ClN4O2. The second-order valence-electron chi connectivity index (χ2n) is 5.43. The van der Waals surface area contributed by atoms with Gasteiger partial charge in [0, 0.05) is 35.9 Å². The Hall–Kier alpha value is -2.46. The van der Waals surface area contributed by atoms with Gasteiger partial charge in [-0.2, -0.15) is 5.26 Å². The molecule has 1 aliphatic rings. The minimum Gasteiger partial charge on any atom is -0.377 e. The molecule has 3 heterocycles. The molecule has 1 saturated heterocycles. The summed E-state index contributed by atoms with van der Waals surface area (Å²) in [5.74, 6) is 0. The largest absolute Gasteiger partial charge is 0.377 e. The number of fused-ring (bicyclic) bond motifs is 1. The molecule has 0 amide bonds. The molecule has 6 nitrogen and oxygen atoms in total. The lowest BCUT2D eigenvalue weighted by atomic mass is 10.0. The Morgan fingerprint density at radius 1 is 1.16 bits per heavy atom. The number of aryl methyl sites for hydroxylation is 1. The van der Waals surface area contributed by atoms with Gasteiger partial charge in [0.25, 0.3) is 0 Å². The number of aromatic nitrogens is 3. The van der Waals surface area contributed by atoms with Crippen molar-refractivity contribution in [2.75, 3.05) is 26.4 Å². The van der Waals surface area contributed by atoms with E-state index in [4.69, 9.17) is 26.3 Å². The van der Waals surface area contributed by atoms with Crippen LogP contribution in [0.25, 0.3) is 22.2 Å². The molecule has 0 radical (unpaired) electrons. The van der Waals surface area contributed by atoms with Gasteiger partial charge in [-0.05, 0) is 35.9 Å². The Bertz CT molecular complexity index is 902. The quantitative estimate of drug-likeness (QED) is 0.626. The van der Waals surface area contributed by atoms with Crippen molar-refractivity contribution in [3.8, 4) is 17.3 Å². The Morgan fingerprint density at radius 3 is 2.48 bits per heavy atom. The number of benzene rings is 1. The third-order valence-corrected chi connectivity index (χ3v) is 3.96. The third-order valence-electron chi connectivity index (χ3n) is 3.78. The van der Waals surface area contributed by atoms with Crippen molar-refractivity contribution in [1.29, 1.82) is 5.26 Å². The first-order valence-corrected chi connectivity index (χ1v) is 8.20. The van der Waals surface area contributed by atoms with Gasteiger partial charge in [-0.15, -0.1) is 0 Å². The predicted octanol–water partition coefficient (Wildman–Crippen LogP) is 3.19. The number of nitriles is 1. The summed E-state index contributed by atoms with van der Waals surface area (Å²) >= 11 is 5.83. The van der Waals surface area contributed by atoms with Crippen LogP contribution in [0.2, 0.25) is 5.28 Å². The molecule has 0 saturated carbocycles. The van der Waals surface area contributed by atoms with Crippen LogP contribution in [0.1, 0.15) is 5.56 Å². The molecule has 0 unspecified atom stereocenters. The standard InChI is InChI=1S/C14H9ClN4.C4H8O2/c1-19-5-3-10-11(6-9(8-16)7-13(10)19)12-2-4-17-14(15)18-12;1-2-6-4-3-5-1/h2-7H,1H3;1-4H2. The van der Waals surface area contributed by atoms with Crippen LogP contribution in [0, 0.1) is 11.3 Å². The highest BCUT2D eigenvalue weighted by atomic mass is 35.5. The number of nitrogens with zero attached hydrogens (tertiary/aromatic N) is 4. The van der Waals surface area contributed by atoms with Crippen molar-refractivity contribution in [2.24, 2.45) is 7.05 Å². The van der Waals surface area contributed by atoms with Gasteiger partial charge in [0.15, 0.2) is 0 Å². The van der Waals surface area contributed by atoms with Crippen LogP contribution in [-0.2, 0) is 16.5 Å². The van der Waals surface area contributed by atoms with Gasteiger partial charge >= 0.3 is 0 Å². The number of rotatable bonds is 1. The first-order chi connectivity index (χ1) is 12.2. The maximum absolute atomic E-state index is 9.13. The van der Waals surface area contributed by atoms with Crippen LogP contribution < -0.4 is 0 Å². The number of ether oxygens (including phenoxy) is 2. The molecule has 0 N–H and O–H groups in total. The van der Waals surface area contributed by atoms with Gasteiger partial charge in [-0.25, -0.2) is 9.97 Å². The minimum atomic E-state index is 0.198. The Balaban J connectivity index is 0.000000258. The SMILES string of the molecule is C1COCCO1.Cn1ccc2c(-c3ccnc(Cl)n3)cc(C#N)cc21. The fourth-order valence-corrected chi connectivity index (χ4v) is 2.72. The number of halogens is 1. The van der Waals surface area contributed by atoms with E-state index in [1.54, 1.807) is 12.3 Å². The minimum absolute atomic E-state index is 0.198. The van der Waals surface area contributed by atoms with Crippen LogP contribution >= 0.6 is 11.6 Å². The van der Waals surface area contributed by atoms with E-state index in [1.807, 2.05) is 36.0 Å². The fraction of sp³-hybridized carbons (Fsp3) is 0.278. The molecule has 0 atom stereocenters. The summed E-state index contributed by atoms with van der Waals surface area (Å²) in [6.07, 6.45) is 3.57. The summed E-state index contributed by atoms with van der Waals surface area (Å²) in [6.45, 7) is 3.11. The van der Waals surface area contributed by atoms with Crippen LogP contribution in [0.3, 0.4) is 0 Å². The molecule has 0 bridgehead atoms. The van der Waals surface area contributed by atoms with Crippen molar-refractivity contribution >= 4 is 22.5 Å². The summed E-state index contributed by atoms with van der Waals surface area (Å²) in [5, 5.41) is 10.4. The van der Waals surface area contributed by atoms with Gasteiger partial charge in [0.2, 0.25) is 5.28 Å². The summed E-state index contributed by atoms with van der Waals surface area (Å²) in [6, 6.07) is 9.64. The maximum atomic E-state index is 9.13. The zero-order chi connectivity index (χ0) is 17.6. The van der Waals surface area contributed by atoms with Crippen molar-refractivity contribution in [3.63, 3.8) is 0 Å². The van der Waals surface area contributed by atoms with Gasteiger partial charge in [0.1, 0.15) is 0 Å². The molecule has 128 valence electrons. The lowest BCUT2D eigenvalue weighted by molar-refractivity contribution is -0.0334. The lowest BCUT2D eigenvalue weighted by Gasteiger charge is -2.09. The van der Waals surface area contributed by atoms with E-state index in [2.05, 4.69) is 16.0 Å². The first kappa shape index (κ1) is 17.4. The lowest BCUT2D eigenvalue weighted by Crippen LogP contribution is -2.16. The fourth-order valence-electron chi connectivity index (χ4n) is 2.57. The summed E-state index contributed by atoms with van der Waals surface area (Å²) in [4.78, 5) is 8.09. The monoisotopic (exact) mass is 356 g/mol. The van der Waals surface area contributed by atoms with Gasteiger partial charge in [-0.3, -0.25) is 0 Å². The highest BCUT2D eigenvalue weighted by Crippen LogP contribution is 2.29. The molecular weight excluding hydrogens is 340 g/mol. The molecule has 0 aliphatic carbocycles. The smallest absolute Gasteiger partial charge is 0.222 e. The van der Waals surface area contributed by atoms with E-state index in [0.717, 1.165) is 42.9 Å². The van der Waals surface area contributed by atoms with E-state index >= 15 is 0 Å². The normalized spacial score (nSPS) is 13.8. The molecule has 1 aromatic carbocycles. The molecule has 4 rings (SSSR count). The van der Waals surface area contributed by atoms with Crippen LogP contribution in [0.15, 0.2) is 36.7 Å². The zero-order valence-electron chi connectivity index (χ0n) is 13.8. The number of hydrogen-bond acceptors (Lipinski definition) is 5. The predicted molar refractivity (Wildman–Crippen MR) is 95.3 cm³/mol.